The monoisotopic (exact) mass is 335 g/mol. The Morgan fingerprint density at radius 2 is 2.05 bits per heavy atom. The van der Waals surface area contributed by atoms with E-state index in [-0.39, 0.29) is 11.2 Å². The minimum atomic E-state index is -0.211. The summed E-state index contributed by atoms with van der Waals surface area (Å²) in [5, 5.41) is 11.8. The fourth-order valence-electron chi connectivity index (χ4n) is 2.03. The Kier molecular flexibility index (Phi) is 5.97. The molecule has 0 aliphatic heterocycles. The highest BCUT2D eigenvalue weighted by atomic mass is 32.2. The molecule has 6 heteroatoms. The van der Waals surface area contributed by atoms with Gasteiger partial charge in [-0.1, -0.05) is 55.1 Å². The molecule has 2 aromatic rings. The lowest BCUT2D eigenvalue weighted by Crippen LogP contribution is -2.23. The number of hydrogen-bond acceptors (Lipinski definition) is 5. The van der Waals surface area contributed by atoms with E-state index in [2.05, 4.69) is 35.4 Å². The summed E-state index contributed by atoms with van der Waals surface area (Å²) in [5.41, 5.74) is 2.09. The number of aryl methyl sites for hydroxylation is 1. The van der Waals surface area contributed by atoms with Crippen molar-refractivity contribution in [3.8, 4) is 0 Å². The summed E-state index contributed by atoms with van der Waals surface area (Å²) in [6, 6.07) is 8.01. The molecule has 1 N–H and O–H groups in total. The molecule has 0 fully saturated rings. The highest BCUT2D eigenvalue weighted by molar-refractivity contribution is 8.02. The summed E-state index contributed by atoms with van der Waals surface area (Å²) >= 11 is 2.96. The number of benzene rings is 1. The van der Waals surface area contributed by atoms with E-state index in [0.29, 0.717) is 5.92 Å². The van der Waals surface area contributed by atoms with Gasteiger partial charge < -0.3 is 5.32 Å². The first-order chi connectivity index (χ1) is 10.5. The Morgan fingerprint density at radius 3 is 2.68 bits per heavy atom. The smallest absolute Gasteiger partial charge is 0.237 e. The Labute approximate surface area is 139 Å². The summed E-state index contributed by atoms with van der Waals surface area (Å²) in [6.07, 6.45) is 1.04. The Morgan fingerprint density at radius 1 is 1.32 bits per heavy atom. The second kappa shape index (κ2) is 7.74. The van der Waals surface area contributed by atoms with Gasteiger partial charge in [-0.2, -0.15) is 0 Å². The van der Waals surface area contributed by atoms with Crippen LogP contribution in [0.15, 0.2) is 28.6 Å². The number of carbonyl (C=O) groups excluding carboxylic acids is 1. The second-order valence-corrected chi connectivity index (χ2v) is 8.00. The molecule has 1 aromatic carbocycles. The predicted molar refractivity (Wildman–Crippen MR) is 93.7 cm³/mol. The topological polar surface area (TPSA) is 54.9 Å². The number of nitrogens with zero attached hydrogens (tertiary/aromatic N) is 2. The minimum Gasteiger partial charge on any atom is -0.325 e. The fraction of sp³-hybridized carbons (Fsp3) is 0.438. The summed E-state index contributed by atoms with van der Waals surface area (Å²) < 4.78 is 0.829. The van der Waals surface area contributed by atoms with Crippen molar-refractivity contribution in [1.82, 2.24) is 10.2 Å². The largest absolute Gasteiger partial charge is 0.325 e. The number of amides is 1. The van der Waals surface area contributed by atoms with Gasteiger partial charge in [0.15, 0.2) is 4.34 Å². The molecule has 0 aliphatic rings. The molecule has 0 radical (unpaired) electrons. The van der Waals surface area contributed by atoms with Gasteiger partial charge >= 0.3 is 0 Å². The van der Waals surface area contributed by atoms with Crippen LogP contribution < -0.4 is 5.32 Å². The van der Waals surface area contributed by atoms with Crippen molar-refractivity contribution in [3.63, 3.8) is 0 Å². The lowest BCUT2D eigenvalue weighted by molar-refractivity contribution is -0.115. The molecule has 2 atom stereocenters. The summed E-state index contributed by atoms with van der Waals surface area (Å²) in [5.74, 6) is 0.416. The standard InChI is InChI=1S/C16H21N3OS2/c1-5-10(2)13-8-6-7-9-14(13)17-15(20)11(3)21-16-19-18-12(4)22-16/h6-11H,5H2,1-4H3,(H,17,20). The van der Waals surface area contributed by atoms with Crippen LogP contribution in [0.2, 0.25) is 0 Å². The maximum atomic E-state index is 12.4. The molecule has 1 aromatic heterocycles. The first-order valence-corrected chi connectivity index (χ1v) is 9.07. The third kappa shape index (κ3) is 4.30. The predicted octanol–water partition coefficient (Wildman–Crippen LogP) is 4.48. The van der Waals surface area contributed by atoms with Crippen LogP contribution in [0.3, 0.4) is 0 Å². The van der Waals surface area contributed by atoms with Gasteiger partial charge in [0, 0.05) is 5.69 Å². The van der Waals surface area contributed by atoms with Crippen LogP contribution >= 0.6 is 23.1 Å². The quantitative estimate of drug-likeness (QED) is 0.791. The minimum absolute atomic E-state index is 0.00592. The molecule has 0 saturated heterocycles. The highest BCUT2D eigenvalue weighted by Crippen LogP contribution is 2.29. The van der Waals surface area contributed by atoms with E-state index in [1.165, 1.54) is 28.7 Å². The number of para-hydroxylation sites is 1. The number of hydrogen-bond donors (Lipinski definition) is 1. The van der Waals surface area contributed by atoms with Crippen LogP contribution in [0.5, 0.6) is 0 Å². The van der Waals surface area contributed by atoms with Gasteiger partial charge in [0.1, 0.15) is 5.01 Å². The number of rotatable bonds is 6. The number of nitrogens with one attached hydrogen (secondary N) is 1. The van der Waals surface area contributed by atoms with Gasteiger partial charge in [-0.15, -0.1) is 10.2 Å². The van der Waals surface area contributed by atoms with Crippen molar-refractivity contribution in [1.29, 1.82) is 0 Å². The molecule has 2 rings (SSSR count). The van der Waals surface area contributed by atoms with Crippen LogP contribution in [0.1, 0.15) is 43.7 Å². The average molecular weight is 335 g/mol. The zero-order valence-corrected chi connectivity index (χ0v) is 14.9. The van der Waals surface area contributed by atoms with Crippen LogP contribution in [0.25, 0.3) is 0 Å². The van der Waals surface area contributed by atoms with Crippen molar-refractivity contribution < 1.29 is 4.79 Å². The Bertz CT molecular complexity index is 642. The maximum Gasteiger partial charge on any atom is 0.237 e. The molecule has 1 amide bonds. The first kappa shape index (κ1) is 17.0. The number of thioether (sulfide) groups is 1. The van der Waals surface area contributed by atoms with E-state index >= 15 is 0 Å². The Hall–Kier alpha value is -1.40. The van der Waals surface area contributed by atoms with Crippen molar-refractivity contribution in [2.75, 3.05) is 5.32 Å². The van der Waals surface area contributed by atoms with Crippen LogP contribution in [-0.4, -0.2) is 21.4 Å². The fourth-order valence-corrected chi connectivity index (χ4v) is 3.99. The summed E-state index contributed by atoms with van der Waals surface area (Å²) in [4.78, 5) is 12.4. The first-order valence-electron chi connectivity index (χ1n) is 7.37. The highest BCUT2D eigenvalue weighted by Gasteiger charge is 2.18. The zero-order chi connectivity index (χ0) is 16.1. The average Bonchev–Trinajstić information content (AvgIpc) is 2.92. The number of carbonyl (C=O) groups is 1. The van der Waals surface area contributed by atoms with Gasteiger partial charge in [-0.3, -0.25) is 4.79 Å². The van der Waals surface area contributed by atoms with Gasteiger partial charge in [-0.05, 0) is 37.8 Å². The number of aromatic nitrogens is 2. The third-order valence-corrected chi connectivity index (χ3v) is 5.54. The number of anilines is 1. The van der Waals surface area contributed by atoms with E-state index < -0.39 is 0 Å². The van der Waals surface area contributed by atoms with E-state index in [4.69, 9.17) is 0 Å². The summed E-state index contributed by atoms with van der Waals surface area (Å²) in [6.45, 7) is 8.13. The van der Waals surface area contributed by atoms with Crippen molar-refractivity contribution in [2.24, 2.45) is 0 Å². The molecule has 22 heavy (non-hydrogen) atoms. The van der Waals surface area contributed by atoms with Gasteiger partial charge in [0.05, 0.1) is 5.25 Å². The molecule has 118 valence electrons. The van der Waals surface area contributed by atoms with E-state index in [9.17, 15) is 4.79 Å². The van der Waals surface area contributed by atoms with Gasteiger partial charge in [-0.25, -0.2) is 0 Å². The van der Waals surface area contributed by atoms with Gasteiger partial charge in [0.2, 0.25) is 5.91 Å². The molecule has 0 aliphatic carbocycles. The van der Waals surface area contributed by atoms with Crippen LogP contribution in [0, 0.1) is 6.92 Å². The third-order valence-electron chi connectivity index (χ3n) is 3.52. The molecule has 0 saturated carbocycles. The van der Waals surface area contributed by atoms with Crippen molar-refractivity contribution in [2.45, 2.75) is 49.6 Å². The van der Waals surface area contributed by atoms with Gasteiger partial charge in [0.25, 0.3) is 0 Å². The molecule has 2 unspecified atom stereocenters. The lowest BCUT2D eigenvalue weighted by atomic mass is 9.97. The zero-order valence-electron chi connectivity index (χ0n) is 13.3. The molecular weight excluding hydrogens is 314 g/mol. The van der Waals surface area contributed by atoms with E-state index in [0.717, 1.165) is 21.5 Å². The maximum absolute atomic E-state index is 12.4. The Balaban J connectivity index is 2.05. The van der Waals surface area contributed by atoms with Crippen molar-refractivity contribution in [3.05, 3.63) is 34.8 Å². The molecule has 0 spiro atoms. The molecule has 1 heterocycles. The van der Waals surface area contributed by atoms with E-state index in [1.54, 1.807) is 0 Å². The second-order valence-electron chi connectivity index (χ2n) is 5.23. The van der Waals surface area contributed by atoms with E-state index in [1.807, 2.05) is 32.0 Å². The van der Waals surface area contributed by atoms with Crippen LogP contribution in [0.4, 0.5) is 5.69 Å². The summed E-state index contributed by atoms with van der Waals surface area (Å²) in [7, 11) is 0. The molecular formula is C16H21N3OS2. The van der Waals surface area contributed by atoms with Crippen LogP contribution in [-0.2, 0) is 4.79 Å². The molecule has 0 bridgehead atoms. The van der Waals surface area contributed by atoms with Crippen molar-refractivity contribution >= 4 is 34.7 Å². The molecule has 4 nitrogen and oxygen atoms in total. The SMILES string of the molecule is CCC(C)c1ccccc1NC(=O)C(C)Sc1nnc(C)s1. The lowest BCUT2D eigenvalue weighted by Gasteiger charge is -2.17. The normalized spacial score (nSPS) is 13.6.